The summed E-state index contributed by atoms with van der Waals surface area (Å²) in [5, 5.41) is 0. The highest BCUT2D eigenvalue weighted by Gasteiger charge is 2.54. The van der Waals surface area contributed by atoms with Gasteiger partial charge >= 0.3 is 0 Å². The molecule has 13 heavy (non-hydrogen) atoms. The number of allylic oxidation sites excluding steroid dienone is 1. The predicted molar refractivity (Wildman–Crippen MR) is 54.5 cm³/mol. The lowest BCUT2D eigenvalue weighted by atomic mass is 9.48. The highest BCUT2D eigenvalue weighted by atomic mass is 16.5. The molecule has 3 unspecified atom stereocenters. The van der Waals surface area contributed by atoms with Crippen LogP contribution in [0.15, 0.2) is 11.6 Å². The second-order valence-corrected chi connectivity index (χ2v) is 5.05. The average molecular weight is 180 g/mol. The number of rotatable bonds is 2. The van der Waals surface area contributed by atoms with Gasteiger partial charge in [0.15, 0.2) is 0 Å². The van der Waals surface area contributed by atoms with E-state index in [1.54, 1.807) is 5.57 Å². The van der Waals surface area contributed by atoms with Gasteiger partial charge in [0.2, 0.25) is 0 Å². The SMILES string of the molecule is CCOC1C=C(C)C2CC1C2(C)C. The molecule has 0 amide bonds. The molecule has 0 aliphatic heterocycles. The first kappa shape index (κ1) is 9.26. The van der Waals surface area contributed by atoms with Crippen molar-refractivity contribution in [3.63, 3.8) is 0 Å². The molecule has 0 aromatic rings. The third-order valence-electron chi connectivity index (χ3n) is 4.08. The molecule has 0 aromatic heterocycles. The van der Waals surface area contributed by atoms with Crippen LogP contribution in [0.3, 0.4) is 0 Å². The fourth-order valence-electron chi connectivity index (χ4n) is 3.14. The smallest absolute Gasteiger partial charge is 0.0791 e. The average Bonchev–Trinajstić information content (AvgIpc) is 2.03. The van der Waals surface area contributed by atoms with E-state index >= 15 is 0 Å². The van der Waals surface area contributed by atoms with Gasteiger partial charge in [-0.3, -0.25) is 0 Å². The predicted octanol–water partition coefficient (Wildman–Crippen LogP) is 3.01. The second-order valence-electron chi connectivity index (χ2n) is 5.05. The molecule has 1 heteroatoms. The van der Waals surface area contributed by atoms with Crippen molar-refractivity contribution in [2.24, 2.45) is 17.3 Å². The van der Waals surface area contributed by atoms with Crippen LogP contribution in [0.5, 0.6) is 0 Å². The van der Waals surface area contributed by atoms with Crippen LogP contribution < -0.4 is 0 Å². The van der Waals surface area contributed by atoms with Crippen molar-refractivity contribution in [3.8, 4) is 0 Å². The van der Waals surface area contributed by atoms with Crippen molar-refractivity contribution in [1.29, 1.82) is 0 Å². The van der Waals surface area contributed by atoms with E-state index in [0.29, 0.717) is 11.5 Å². The minimum absolute atomic E-state index is 0.394. The van der Waals surface area contributed by atoms with Crippen LogP contribution in [-0.4, -0.2) is 12.7 Å². The number of hydrogen-bond donors (Lipinski definition) is 0. The molecule has 0 spiro atoms. The van der Waals surface area contributed by atoms with Crippen LogP contribution in [-0.2, 0) is 4.74 Å². The zero-order valence-electron chi connectivity index (χ0n) is 9.13. The minimum Gasteiger partial charge on any atom is -0.374 e. The van der Waals surface area contributed by atoms with Gasteiger partial charge in [-0.1, -0.05) is 25.5 Å². The Labute approximate surface area is 81.2 Å². The summed E-state index contributed by atoms with van der Waals surface area (Å²) >= 11 is 0. The summed E-state index contributed by atoms with van der Waals surface area (Å²) in [4.78, 5) is 0. The molecule has 0 radical (unpaired) electrons. The molecule has 3 aliphatic rings. The third-order valence-corrected chi connectivity index (χ3v) is 4.08. The number of ether oxygens (including phenoxy) is 1. The van der Waals surface area contributed by atoms with Crippen molar-refractivity contribution < 1.29 is 4.74 Å². The van der Waals surface area contributed by atoms with Crippen molar-refractivity contribution in [1.82, 2.24) is 0 Å². The molecular weight excluding hydrogens is 160 g/mol. The fourth-order valence-corrected chi connectivity index (χ4v) is 3.14. The maximum Gasteiger partial charge on any atom is 0.0791 e. The Hall–Kier alpha value is -0.300. The van der Waals surface area contributed by atoms with Gasteiger partial charge in [0.1, 0.15) is 0 Å². The molecule has 0 N–H and O–H groups in total. The van der Waals surface area contributed by atoms with Gasteiger partial charge in [0.25, 0.3) is 0 Å². The molecule has 0 aromatic carbocycles. The largest absolute Gasteiger partial charge is 0.374 e. The summed E-state index contributed by atoms with van der Waals surface area (Å²) in [6.07, 6.45) is 4.08. The molecule has 3 rings (SSSR count). The molecule has 3 atom stereocenters. The maximum atomic E-state index is 5.76. The minimum atomic E-state index is 0.394. The van der Waals surface area contributed by atoms with Gasteiger partial charge in [0, 0.05) is 6.61 Å². The Morgan fingerprint density at radius 1 is 1.54 bits per heavy atom. The lowest BCUT2D eigenvalue weighted by molar-refractivity contribution is -0.100. The fraction of sp³-hybridized carbons (Fsp3) is 0.833. The van der Waals surface area contributed by atoms with Crippen molar-refractivity contribution in [2.75, 3.05) is 6.61 Å². The van der Waals surface area contributed by atoms with Crippen LogP contribution in [0.25, 0.3) is 0 Å². The Morgan fingerprint density at radius 3 is 2.69 bits per heavy atom. The van der Waals surface area contributed by atoms with Crippen molar-refractivity contribution in [2.45, 2.75) is 40.2 Å². The normalized spacial score (nSPS) is 40.9. The third kappa shape index (κ3) is 1.17. The Morgan fingerprint density at radius 2 is 2.23 bits per heavy atom. The van der Waals surface area contributed by atoms with Gasteiger partial charge in [-0.15, -0.1) is 0 Å². The first-order valence-corrected chi connectivity index (χ1v) is 5.37. The van der Waals surface area contributed by atoms with E-state index in [4.69, 9.17) is 4.74 Å². The molecular formula is C12H20O. The van der Waals surface area contributed by atoms with E-state index < -0.39 is 0 Å². The molecule has 0 heterocycles. The quantitative estimate of drug-likeness (QED) is 0.593. The number of fused-ring (bicyclic) bond motifs is 1. The monoisotopic (exact) mass is 180 g/mol. The van der Waals surface area contributed by atoms with Gasteiger partial charge < -0.3 is 4.74 Å². The second kappa shape index (κ2) is 2.84. The van der Waals surface area contributed by atoms with E-state index in [2.05, 4.69) is 33.8 Å². The van der Waals surface area contributed by atoms with Crippen LogP contribution in [0.2, 0.25) is 0 Å². The van der Waals surface area contributed by atoms with E-state index in [1.165, 1.54) is 6.42 Å². The van der Waals surface area contributed by atoms with Gasteiger partial charge in [-0.2, -0.15) is 0 Å². The van der Waals surface area contributed by atoms with Gasteiger partial charge in [-0.25, -0.2) is 0 Å². The first-order valence-electron chi connectivity index (χ1n) is 5.37. The zero-order valence-corrected chi connectivity index (χ0v) is 9.13. The summed E-state index contributed by atoms with van der Waals surface area (Å²) in [5.74, 6) is 1.59. The highest BCUT2D eigenvalue weighted by molar-refractivity contribution is 5.25. The molecule has 0 saturated heterocycles. The van der Waals surface area contributed by atoms with Crippen LogP contribution in [0.1, 0.15) is 34.1 Å². The van der Waals surface area contributed by atoms with Gasteiger partial charge in [0.05, 0.1) is 6.10 Å². The van der Waals surface area contributed by atoms with Crippen molar-refractivity contribution in [3.05, 3.63) is 11.6 Å². The lowest BCUT2D eigenvalue weighted by Crippen LogP contribution is -2.54. The molecule has 74 valence electrons. The van der Waals surface area contributed by atoms with Crippen LogP contribution in [0.4, 0.5) is 0 Å². The number of hydrogen-bond acceptors (Lipinski definition) is 1. The molecule has 1 nitrogen and oxygen atoms in total. The summed E-state index contributed by atoms with van der Waals surface area (Å²) in [6, 6.07) is 0. The highest BCUT2D eigenvalue weighted by Crippen LogP contribution is 2.59. The van der Waals surface area contributed by atoms with Crippen molar-refractivity contribution >= 4 is 0 Å². The lowest BCUT2D eigenvalue weighted by Gasteiger charge is -2.58. The molecule has 1 fully saturated rings. The topological polar surface area (TPSA) is 9.23 Å². The van der Waals surface area contributed by atoms with E-state index in [0.717, 1.165) is 18.4 Å². The van der Waals surface area contributed by atoms with E-state index in [-0.39, 0.29) is 0 Å². The first-order chi connectivity index (χ1) is 6.07. The summed E-state index contributed by atoms with van der Waals surface area (Å²) < 4.78 is 5.76. The summed E-state index contributed by atoms with van der Waals surface area (Å²) in [5.41, 5.74) is 2.03. The summed E-state index contributed by atoms with van der Waals surface area (Å²) in [6.45, 7) is 9.95. The van der Waals surface area contributed by atoms with Crippen LogP contribution in [0, 0.1) is 17.3 Å². The van der Waals surface area contributed by atoms with E-state index in [1.807, 2.05) is 0 Å². The Balaban J connectivity index is 2.20. The Kier molecular flexibility index (Phi) is 2.03. The van der Waals surface area contributed by atoms with Crippen LogP contribution >= 0.6 is 0 Å². The standard InChI is InChI=1S/C12H20O/c1-5-13-11-6-8(2)9-7-10(11)12(9,3)4/h6,9-11H,5,7H2,1-4H3. The Bertz CT molecular complexity index is 240. The maximum absolute atomic E-state index is 5.76. The van der Waals surface area contributed by atoms with E-state index in [9.17, 15) is 0 Å². The van der Waals surface area contributed by atoms with Gasteiger partial charge in [-0.05, 0) is 37.5 Å². The molecule has 2 bridgehead atoms. The summed E-state index contributed by atoms with van der Waals surface area (Å²) in [7, 11) is 0. The zero-order chi connectivity index (χ0) is 9.64. The molecule has 1 saturated carbocycles. The molecule has 3 aliphatic carbocycles.